The van der Waals surface area contributed by atoms with E-state index in [-0.39, 0.29) is 17.9 Å². The number of nitrogens with one attached hydrogen (secondary N) is 2. The van der Waals surface area contributed by atoms with Crippen LogP contribution in [0.25, 0.3) is 0 Å². The van der Waals surface area contributed by atoms with Gasteiger partial charge in [0.15, 0.2) is 0 Å². The molecule has 0 radical (unpaired) electrons. The molecule has 2 N–H and O–H groups in total. The normalized spacial score (nSPS) is 14.2. The summed E-state index contributed by atoms with van der Waals surface area (Å²) in [5, 5.41) is 5.94. The average Bonchev–Trinajstić information content (AvgIpc) is 2.63. The highest BCUT2D eigenvalue weighted by Gasteiger charge is 2.19. The lowest BCUT2D eigenvalue weighted by atomic mass is 9.93. The minimum atomic E-state index is -0.0222. The van der Waals surface area contributed by atoms with Crippen molar-refractivity contribution >= 4 is 11.8 Å². The number of carbonyl (C=O) groups is 2. The standard InChI is InChI=1S/C24H26N2O2/c1-17(25-18(2)27)15-21-13-10-19(11-14-21)9-12-20-5-3-6-22(16-20)24(28)26-23-7-4-8-23/h3,5-6,10-11,13-14,16-17,23H,4,7-8,15H2,1-2H3,(H,25,27)(H,26,28). The second-order valence-electron chi connectivity index (χ2n) is 7.43. The minimum absolute atomic E-state index is 0.0152. The van der Waals surface area contributed by atoms with Crippen molar-refractivity contribution in [2.75, 3.05) is 0 Å². The first kappa shape index (κ1) is 19.7. The Kier molecular flexibility index (Phi) is 6.49. The number of benzene rings is 2. The molecule has 1 aliphatic carbocycles. The van der Waals surface area contributed by atoms with Crippen LogP contribution in [-0.2, 0) is 11.2 Å². The Labute approximate surface area is 166 Å². The zero-order valence-electron chi connectivity index (χ0n) is 16.4. The van der Waals surface area contributed by atoms with Gasteiger partial charge < -0.3 is 10.6 Å². The lowest BCUT2D eigenvalue weighted by molar-refractivity contribution is -0.119. The number of hydrogen-bond acceptors (Lipinski definition) is 2. The quantitative estimate of drug-likeness (QED) is 0.788. The van der Waals surface area contributed by atoms with Crippen molar-refractivity contribution in [3.8, 4) is 11.8 Å². The Balaban J connectivity index is 1.62. The maximum Gasteiger partial charge on any atom is 0.251 e. The molecule has 0 spiro atoms. The molecule has 4 heteroatoms. The first-order valence-corrected chi connectivity index (χ1v) is 9.78. The monoisotopic (exact) mass is 374 g/mol. The summed E-state index contributed by atoms with van der Waals surface area (Å²) in [7, 11) is 0. The number of rotatable bonds is 5. The second-order valence-corrected chi connectivity index (χ2v) is 7.43. The van der Waals surface area contributed by atoms with E-state index in [4.69, 9.17) is 0 Å². The SMILES string of the molecule is CC(=O)NC(C)Cc1ccc(C#Cc2cccc(C(=O)NC3CCC3)c2)cc1. The third-order valence-electron chi connectivity index (χ3n) is 4.86. The highest BCUT2D eigenvalue weighted by atomic mass is 16.2. The molecule has 0 saturated heterocycles. The van der Waals surface area contributed by atoms with Crippen molar-refractivity contribution in [2.45, 2.75) is 51.6 Å². The van der Waals surface area contributed by atoms with Gasteiger partial charge in [0.25, 0.3) is 5.91 Å². The maximum atomic E-state index is 12.3. The molecule has 1 unspecified atom stereocenters. The second kappa shape index (κ2) is 9.23. The summed E-state index contributed by atoms with van der Waals surface area (Å²) in [5.41, 5.74) is 3.55. The first-order chi connectivity index (χ1) is 13.5. The summed E-state index contributed by atoms with van der Waals surface area (Å²) in [6.07, 6.45) is 4.13. The molecule has 0 aliphatic heterocycles. The lowest BCUT2D eigenvalue weighted by Gasteiger charge is -2.26. The van der Waals surface area contributed by atoms with Crippen LogP contribution < -0.4 is 10.6 Å². The lowest BCUT2D eigenvalue weighted by Crippen LogP contribution is -2.39. The molecule has 0 heterocycles. The molecule has 144 valence electrons. The molecule has 0 bridgehead atoms. The van der Waals surface area contributed by atoms with Crippen LogP contribution in [0.15, 0.2) is 48.5 Å². The van der Waals surface area contributed by atoms with E-state index >= 15 is 0 Å². The van der Waals surface area contributed by atoms with Gasteiger partial charge in [0.1, 0.15) is 0 Å². The molecule has 4 nitrogen and oxygen atoms in total. The van der Waals surface area contributed by atoms with Crippen LogP contribution in [0.4, 0.5) is 0 Å². The van der Waals surface area contributed by atoms with Gasteiger partial charge >= 0.3 is 0 Å². The molecule has 2 amide bonds. The van der Waals surface area contributed by atoms with Gasteiger partial charge in [0.05, 0.1) is 0 Å². The molecule has 0 aromatic heterocycles. The van der Waals surface area contributed by atoms with Gasteiger partial charge in [-0.25, -0.2) is 0 Å². The Morgan fingerprint density at radius 3 is 2.43 bits per heavy atom. The number of hydrogen-bond donors (Lipinski definition) is 2. The van der Waals surface area contributed by atoms with Crippen LogP contribution in [0, 0.1) is 11.8 Å². The third-order valence-corrected chi connectivity index (χ3v) is 4.86. The van der Waals surface area contributed by atoms with Crippen molar-refractivity contribution in [3.63, 3.8) is 0 Å². The van der Waals surface area contributed by atoms with E-state index in [0.717, 1.165) is 36.0 Å². The van der Waals surface area contributed by atoms with Gasteiger partial charge in [-0.15, -0.1) is 0 Å². The van der Waals surface area contributed by atoms with Gasteiger partial charge in [-0.2, -0.15) is 0 Å². The van der Waals surface area contributed by atoms with Crippen molar-refractivity contribution in [1.82, 2.24) is 10.6 Å². The average molecular weight is 374 g/mol. The largest absolute Gasteiger partial charge is 0.354 e. The Hall–Kier alpha value is -3.06. The van der Waals surface area contributed by atoms with Gasteiger partial charge in [-0.1, -0.05) is 30.0 Å². The summed E-state index contributed by atoms with van der Waals surface area (Å²) in [5.74, 6) is 6.25. The van der Waals surface area contributed by atoms with E-state index in [9.17, 15) is 9.59 Å². The fourth-order valence-corrected chi connectivity index (χ4v) is 3.18. The third kappa shape index (κ3) is 5.72. The smallest absolute Gasteiger partial charge is 0.251 e. The van der Waals surface area contributed by atoms with Crippen molar-refractivity contribution in [2.24, 2.45) is 0 Å². The number of carbonyl (C=O) groups excluding carboxylic acids is 2. The molecule has 3 rings (SSSR count). The van der Waals surface area contributed by atoms with E-state index in [2.05, 4.69) is 22.5 Å². The molecule has 1 saturated carbocycles. The fourth-order valence-electron chi connectivity index (χ4n) is 3.18. The zero-order valence-corrected chi connectivity index (χ0v) is 16.4. The van der Waals surface area contributed by atoms with Gasteiger partial charge in [0.2, 0.25) is 5.91 Å². The minimum Gasteiger partial charge on any atom is -0.354 e. The fraction of sp³-hybridized carbons (Fsp3) is 0.333. The molecular formula is C24H26N2O2. The van der Waals surface area contributed by atoms with E-state index in [1.54, 1.807) is 0 Å². The van der Waals surface area contributed by atoms with Crippen molar-refractivity contribution in [3.05, 3.63) is 70.8 Å². The summed E-state index contributed by atoms with van der Waals surface area (Å²) in [4.78, 5) is 23.4. The molecule has 1 fully saturated rings. The van der Waals surface area contributed by atoms with Crippen molar-refractivity contribution < 1.29 is 9.59 Å². The van der Waals surface area contributed by atoms with E-state index in [1.165, 1.54) is 13.3 Å². The predicted octanol–water partition coefficient (Wildman–Crippen LogP) is 3.44. The van der Waals surface area contributed by atoms with E-state index in [1.807, 2.05) is 55.5 Å². The summed E-state index contributed by atoms with van der Waals surface area (Å²) < 4.78 is 0. The van der Waals surface area contributed by atoms with E-state index < -0.39 is 0 Å². The van der Waals surface area contributed by atoms with Gasteiger partial charge in [-0.05, 0) is 68.5 Å². The van der Waals surface area contributed by atoms with Crippen LogP contribution in [0.1, 0.15) is 60.2 Å². The van der Waals surface area contributed by atoms with Crippen LogP contribution >= 0.6 is 0 Å². The van der Waals surface area contributed by atoms with Gasteiger partial charge in [0, 0.05) is 35.7 Å². The first-order valence-electron chi connectivity index (χ1n) is 9.78. The molecule has 2 aromatic carbocycles. The van der Waals surface area contributed by atoms with Crippen molar-refractivity contribution in [1.29, 1.82) is 0 Å². The topological polar surface area (TPSA) is 58.2 Å². The molecule has 1 atom stereocenters. The molecule has 28 heavy (non-hydrogen) atoms. The van der Waals surface area contributed by atoms with Crippen LogP contribution in [0.3, 0.4) is 0 Å². The summed E-state index contributed by atoms with van der Waals surface area (Å²) in [6.45, 7) is 3.52. The Bertz CT molecular complexity index is 902. The Morgan fingerprint density at radius 1 is 1.07 bits per heavy atom. The van der Waals surface area contributed by atoms with Crippen LogP contribution in [0.2, 0.25) is 0 Å². The molecular weight excluding hydrogens is 348 g/mol. The van der Waals surface area contributed by atoms with E-state index in [0.29, 0.717) is 11.6 Å². The highest BCUT2D eigenvalue weighted by Crippen LogP contribution is 2.18. The molecule has 2 aromatic rings. The van der Waals surface area contributed by atoms with Gasteiger partial charge in [-0.3, -0.25) is 9.59 Å². The Morgan fingerprint density at radius 2 is 1.79 bits per heavy atom. The molecule has 1 aliphatic rings. The van der Waals surface area contributed by atoms with Crippen LogP contribution in [0.5, 0.6) is 0 Å². The summed E-state index contributed by atoms with van der Waals surface area (Å²) in [6, 6.07) is 15.9. The predicted molar refractivity (Wildman–Crippen MR) is 111 cm³/mol. The zero-order chi connectivity index (χ0) is 19.9. The summed E-state index contributed by atoms with van der Waals surface area (Å²) >= 11 is 0. The maximum absolute atomic E-state index is 12.3. The van der Waals surface area contributed by atoms with Crippen LogP contribution in [-0.4, -0.2) is 23.9 Å². The highest BCUT2D eigenvalue weighted by molar-refractivity contribution is 5.94. The number of amides is 2.